The highest BCUT2D eigenvalue weighted by molar-refractivity contribution is 7.91. The number of hydrogen-bond acceptors (Lipinski definition) is 5. The van der Waals surface area contributed by atoms with Crippen molar-refractivity contribution in [2.45, 2.75) is 39.2 Å². The summed E-state index contributed by atoms with van der Waals surface area (Å²) in [5.41, 5.74) is 1.51. The molecule has 0 aliphatic rings. The molecule has 0 aliphatic carbocycles. The van der Waals surface area contributed by atoms with Crippen molar-refractivity contribution >= 4 is 44.6 Å². The second kappa shape index (κ2) is 12.0. The highest BCUT2D eigenvalue weighted by atomic mass is 35.5. The number of halogens is 3. The molecule has 0 aromatic heterocycles. The molecule has 2 rings (SSSR count). The lowest BCUT2D eigenvalue weighted by molar-refractivity contribution is 0.125. The average Bonchev–Trinajstić information content (AvgIpc) is 2.76. The zero-order valence-electron chi connectivity index (χ0n) is 19.3. The van der Waals surface area contributed by atoms with Gasteiger partial charge in [0.2, 0.25) is 0 Å². The van der Waals surface area contributed by atoms with Crippen molar-refractivity contribution in [2.75, 3.05) is 30.6 Å². The number of aliphatic hydroxyl groups is 1. The topological polar surface area (TPSA) is 72.8 Å². The van der Waals surface area contributed by atoms with Gasteiger partial charge in [-0.05, 0) is 35.4 Å². The SMILES string of the molecule is CCS(=O)(=O)C[C@@H](O)COc1c(Cl)cc(C(C)(C)c2ccc(OC[C@@H](C)CCl)cc2)cc1Cl. The van der Waals surface area contributed by atoms with E-state index in [1.54, 1.807) is 12.1 Å². The van der Waals surface area contributed by atoms with Gasteiger partial charge in [0.15, 0.2) is 15.6 Å². The molecule has 0 amide bonds. The van der Waals surface area contributed by atoms with Crippen molar-refractivity contribution in [3.8, 4) is 11.5 Å². The Balaban J connectivity index is 2.15. The third kappa shape index (κ3) is 7.93. The van der Waals surface area contributed by atoms with Crippen LogP contribution in [-0.2, 0) is 15.3 Å². The summed E-state index contributed by atoms with van der Waals surface area (Å²) in [6.07, 6.45) is -1.17. The normalized spacial score (nSPS) is 14.1. The minimum atomic E-state index is -3.32. The number of aliphatic hydroxyl groups excluding tert-OH is 1. The maximum Gasteiger partial charge on any atom is 0.156 e. The molecule has 0 saturated heterocycles. The molecule has 33 heavy (non-hydrogen) atoms. The molecule has 2 aromatic rings. The molecular formula is C24H31Cl3O5S. The molecule has 184 valence electrons. The molecule has 0 fully saturated rings. The Morgan fingerprint density at radius 3 is 2.09 bits per heavy atom. The van der Waals surface area contributed by atoms with Crippen LogP contribution in [0.5, 0.6) is 11.5 Å². The van der Waals surface area contributed by atoms with Gasteiger partial charge in [0.05, 0.1) is 22.4 Å². The van der Waals surface area contributed by atoms with E-state index in [2.05, 4.69) is 13.8 Å². The number of benzene rings is 2. The molecule has 2 atom stereocenters. The van der Waals surface area contributed by atoms with E-state index < -0.39 is 21.4 Å². The maximum atomic E-state index is 11.7. The molecule has 0 spiro atoms. The Bertz CT molecular complexity index is 1000. The molecule has 0 bridgehead atoms. The minimum absolute atomic E-state index is 0.0466. The summed E-state index contributed by atoms with van der Waals surface area (Å²) < 4.78 is 34.7. The van der Waals surface area contributed by atoms with E-state index in [4.69, 9.17) is 44.3 Å². The summed E-state index contributed by atoms with van der Waals surface area (Å²) >= 11 is 18.7. The Hall–Kier alpha value is -1.18. The standard InChI is InChI=1S/C24H31Cl3O5S/c1-5-33(29,30)15-19(28)14-32-23-21(26)10-18(11-22(23)27)24(3,4)17-6-8-20(9-7-17)31-13-16(2)12-25/h6-11,16,19,28H,5,12-15H2,1-4H3/t16-,19-/m0/s1. The Morgan fingerprint density at radius 2 is 1.58 bits per heavy atom. The second-order valence-corrected chi connectivity index (χ2v) is 12.2. The van der Waals surface area contributed by atoms with Crippen molar-refractivity contribution in [2.24, 2.45) is 5.92 Å². The van der Waals surface area contributed by atoms with Gasteiger partial charge in [-0.25, -0.2) is 8.42 Å². The van der Waals surface area contributed by atoms with Crippen LogP contribution in [-0.4, -0.2) is 50.2 Å². The summed E-state index contributed by atoms with van der Waals surface area (Å²) in [6.45, 7) is 7.99. The van der Waals surface area contributed by atoms with Gasteiger partial charge in [0.1, 0.15) is 18.5 Å². The largest absolute Gasteiger partial charge is 0.493 e. The first-order chi connectivity index (χ1) is 15.4. The van der Waals surface area contributed by atoms with E-state index in [0.29, 0.717) is 12.5 Å². The third-order valence-electron chi connectivity index (χ3n) is 5.40. The fourth-order valence-corrected chi connectivity index (χ4v) is 4.72. The summed E-state index contributed by atoms with van der Waals surface area (Å²) in [5.74, 6) is 1.37. The monoisotopic (exact) mass is 536 g/mol. The maximum absolute atomic E-state index is 11.7. The van der Waals surface area contributed by atoms with Gasteiger partial charge in [-0.1, -0.05) is 63.0 Å². The van der Waals surface area contributed by atoms with Crippen molar-refractivity contribution in [1.29, 1.82) is 0 Å². The van der Waals surface area contributed by atoms with Crippen LogP contribution in [0.15, 0.2) is 36.4 Å². The Labute approximate surface area is 211 Å². The zero-order valence-corrected chi connectivity index (χ0v) is 22.4. The van der Waals surface area contributed by atoms with E-state index >= 15 is 0 Å². The van der Waals surface area contributed by atoms with Crippen molar-refractivity contribution < 1.29 is 23.0 Å². The average molecular weight is 538 g/mol. The summed E-state index contributed by atoms with van der Waals surface area (Å²) in [4.78, 5) is 0. The predicted molar refractivity (Wildman–Crippen MR) is 136 cm³/mol. The number of sulfone groups is 1. The predicted octanol–water partition coefficient (Wildman–Crippen LogP) is 5.75. The highest BCUT2D eigenvalue weighted by Crippen LogP contribution is 2.40. The fourth-order valence-electron chi connectivity index (χ4n) is 3.11. The van der Waals surface area contributed by atoms with E-state index in [1.807, 2.05) is 31.2 Å². The van der Waals surface area contributed by atoms with Gasteiger partial charge in [0, 0.05) is 23.0 Å². The van der Waals surface area contributed by atoms with E-state index in [0.717, 1.165) is 16.9 Å². The van der Waals surface area contributed by atoms with Gasteiger partial charge < -0.3 is 14.6 Å². The molecule has 2 aromatic carbocycles. The molecule has 0 aliphatic heterocycles. The van der Waals surface area contributed by atoms with Crippen molar-refractivity contribution in [3.05, 3.63) is 57.6 Å². The van der Waals surface area contributed by atoms with E-state index in [1.165, 1.54) is 6.92 Å². The highest BCUT2D eigenvalue weighted by Gasteiger charge is 2.26. The smallest absolute Gasteiger partial charge is 0.156 e. The fraction of sp³-hybridized carbons (Fsp3) is 0.500. The lowest BCUT2D eigenvalue weighted by Crippen LogP contribution is -2.28. The molecular weight excluding hydrogens is 507 g/mol. The van der Waals surface area contributed by atoms with Gasteiger partial charge >= 0.3 is 0 Å². The first-order valence-corrected chi connectivity index (χ1v) is 13.8. The van der Waals surface area contributed by atoms with Gasteiger partial charge in [-0.3, -0.25) is 0 Å². The summed E-state index contributed by atoms with van der Waals surface area (Å²) in [6, 6.07) is 11.4. The van der Waals surface area contributed by atoms with Crippen LogP contribution in [0.25, 0.3) is 0 Å². The van der Waals surface area contributed by atoms with Crippen LogP contribution in [0.4, 0.5) is 0 Å². The number of ether oxygens (including phenoxy) is 2. The van der Waals surface area contributed by atoms with Crippen LogP contribution < -0.4 is 9.47 Å². The van der Waals surface area contributed by atoms with Crippen LogP contribution in [0.3, 0.4) is 0 Å². The molecule has 0 unspecified atom stereocenters. The number of rotatable bonds is 12. The quantitative estimate of drug-likeness (QED) is 0.349. The van der Waals surface area contributed by atoms with Gasteiger partial charge in [-0.2, -0.15) is 0 Å². The van der Waals surface area contributed by atoms with Crippen LogP contribution in [0, 0.1) is 5.92 Å². The van der Waals surface area contributed by atoms with Crippen LogP contribution >= 0.6 is 34.8 Å². The number of alkyl halides is 1. The van der Waals surface area contributed by atoms with Crippen molar-refractivity contribution in [1.82, 2.24) is 0 Å². The molecule has 0 radical (unpaired) electrons. The summed E-state index contributed by atoms with van der Waals surface area (Å²) in [5, 5.41) is 10.6. The molecule has 1 N–H and O–H groups in total. The minimum Gasteiger partial charge on any atom is -0.493 e. The van der Waals surface area contributed by atoms with Crippen LogP contribution in [0.1, 0.15) is 38.8 Å². The molecule has 0 heterocycles. The Morgan fingerprint density at radius 1 is 1.00 bits per heavy atom. The van der Waals surface area contributed by atoms with Crippen LogP contribution in [0.2, 0.25) is 10.0 Å². The van der Waals surface area contributed by atoms with E-state index in [9.17, 15) is 13.5 Å². The second-order valence-electron chi connectivity index (χ2n) is 8.65. The van der Waals surface area contributed by atoms with Gasteiger partial charge in [-0.15, -0.1) is 11.6 Å². The number of hydrogen-bond donors (Lipinski definition) is 1. The third-order valence-corrected chi connectivity index (χ3v) is 8.26. The summed E-state index contributed by atoms with van der Waals surface area (Å²) in [7, 11) is -3.32. The van der Waals surface area contributed by atoms with E-state index in [-0.39, 0.29) is 39.8 Å². The molecule has 0 saturated carbocycles. The first-order valence-electron chi connectivity index (χ1n) is 10.7. The Kier molecular flexibility index (Phi) is 10.2. The van der Waals surface area contributed by atoms with Gasteiger partial charge in [0.25, 0.3) is 0 Å². The molecule has 5 nitrogen and oxygen atoms in total. The lowest BCUT2D eigenvalue weighted by atomic mass is 9.78. The zero-order chi connectivity index (χ0) is 24.8. The lowest BCUT2D eigenvalue weighted by Gasteiger charge is -2.27. The first kappa shape index (κ1) is 28.1. The van der Waals surface area contributed by atoms with Crippen molar-refractivity contribution in [3.63, 3.8) is 0 Å². The molecule has 9 heteroatoms.